The number of rotatable bonds is 21. The number of isocyanates is 1. The molecule has 8 amide bonds. The molecule has 8 aliphatic rings. The molecule has 0 spiro atoms. The molecule has 6 N–H and O–H groups in total. The molecule has 0 radical (unpaired) electrons. The molecule has 2 aliphatic carbocycles. The van der Waals surface area contributed by atoms with E-state index < -0.39 is 95.5 Å². The topological polar surface area (TPSA) is 335 Å². The Labute approximate surface area is 747 Å². The third-order valence-electron chi connectivity index (χ3n) is 24.5. The number of carbonyl (C=O) groups is 11. The van der Waals surface area contributed by atoms with Crippen LogP contribution < -0.4 is 26.6 Å². The Bertz CT molecular complexity index is 5620. The molecule has 3 aromatic heterocycles. The Morgan fingerprint density at radius 2 is 0.938 bits per heavy atom. The van der Waals surface area contributed by atoms with Gasteiger partial charge in [-0.3, -0.25) is 43.2 Å². The molecule has 36 heteroatoms. The highest BCUT2D eigenvalue weighted by molar-refractivity contribution is 6.31. The van der Waals surface area contributed by atoms with Gasteiger partial charge in [0.15, 0.2) is 17.3 Å². The predicted molar refractivity (Wildman–Crippen MR) is 466 cm³/mol. The molecular weight excluding hydrogens is 1730 g/mol. The van der Waals surface area contributed by atoms with Crippen molar-refractivity contribution in [3.8, 4) is 0 Å². The minimum atomic E-state index is -1.42. The normalized spacial score (nSPS) is 21.6. The van der Waals surface area contributed by atoms with Crippen molar-refractivity contribution in [1.82, 2.24) is 54.6 Å². The summed E-state index contributed by atoms with van der Waals surface area (Å²) in [6, 6.07) is 25.0. The second kappa shape index (κ2) is 41.6. The molecule has 2 saturated carbocycles. The third-order valence-corrected chi connectivity index (χ3v) is 25.4. The molecule has 9 heterocycles. The fourth-order valence-corrected chi connectivity index (χ4v) is 18.5. The number of Topliss-reactive ketones (excluding diaryl/α,β-unsaturated/α-hetero) is 3. The number of carboxylic acids is 1. The van der Waals surface area contributed by atoms with E-state index in [0.717, 1.165) is 54.2 Å². The van der Waals surface area contributed by atoms with Crippen molar-refractivity contribution >= 4 is 150 Å². The van der Waals surface area contributed by atoms with E-state index in [1.165, 1.54) is 165 Å². The molecule has 6 saturated heterocycles. The number of nitrogens with zero attached hydrogens (tertiary/aromatic N) is 8. The number of nitrogens with one attached hydrogen (secondary N) is 5. The first-order chi connectivity index (χ1) is 61.2. The largest absolute Gasteiger partial charge is 0.478 e. The number of benzene rings is 6. The van der Waals surface area contributed by atoms with Crippen molar-refractivity contribution in [2.45, 2.75) is 192 Å². The number of ether oxygens (including phenoxy) is 1. The van der Waals surface area contributed by atoms with E-state index in [0.29, 0.717) is 67.2 Å². The van der Waals surface area contributed by atoms with Crippen molar-refractivity contribution in [2.75, 3.05) is 44.6 Å². The fourth-order valence-electron chi connectivity index (χ4n) is 17.9. The number of aliphatic imine (C=N–C) groups is 1. The molecule has 6 aromatic carbocycles. The van der Waals surface area contributed by atoms with E-state index in [1.54, 1.807) is 47.2 Å². The average molecular weight is 1830 g/mol. The van der Waals surface area contributed by atoms with Crippen LogP contribution in [0, 0.1) is 29.3 Å². The van der Waals surface area contributed by atoms with Gasteiger partial charge in [-0.15, -0.1) is 0 Å². The summed E-state index contributed by atoms with van der Waals surface area (Å²) in [6.45, 7) is 7.18. The summed E-state index contributed by atoms with van der Waals surface area (Å²) in [7, 11) is 0. The lowest BCUT2D eigenvalue weighted by molar-refractivity contribution is -0.139. The summed E-state index contributed by atoms with van der Waals surface area (Å²) in [6.07, 6.45) is 11.9. The van der Waals surface area contributed by atoms with Gasteiger partial charge < -0.3 is 69.7 Å². The highest BCUT2D eigenvalue weighted by atomic mass is 35.5. The van der Waals surface area contributed by atoms with Crippen LogP contribution in [-0.2, 0) is 77.6 Å². The number of carboxylic acid groups (broad SMARTS) is 1. The number of alkyl halides is 3. The Kier molecular flexibility index (Phi) is 30.5. The van der Waals surface area contributed by atoms with E-state index in [4.69, 9.17) is 39.5 Å². The fraction of sp³-hybridized carbons (Fsp3) is 0.413. The van der Waals surface area contributed by atoms with Crippen LogP contribution in [0.2, 0.25) is 15.1 Å². The van der Waals surface area contributed by atoms with Crippen LogP contribution >= 0.6 is 34.8 Å². The summed E-state index contributed by atoms with van der Waals surface area (Å²) in [5.41, 5.74) is 3.83. The predicted octanol–water partition coefficient (Wildman–Crippen LogP) is 14.3. The summed E-state index contributed by atoms with van der Waals surface area (Å²) < 4.78 is 95.4. The maximum absolute atomic E-state index is 14.5. The van der Waals surface area contributed by atoms with Gasteiger partial charge in [0, 0.05) is 154 Å². The molecule has 11 atom stereocenters. The maximum Gasteiger partial charge on any atom is 0.335 e. The average Bonchev–Trinajstić information content (AvgIpc) is 1.62. The Morgan fingerprint density at radius 3 is 1.28 bits per heavy atom. The van der Waals surface area contributed by atoms with Crippen LogP contribution in [0.5, 0.6) is 0 Å². The second-order valence-electron chi connectivity index (χ2n) is 33.4. The Morgan fingerprint density at radius 1 is 0.508 bits per heavy atom. The van der Waals surface area contributed by atoms with Gasteiger partial charge in [-0.2, -0.15) is 4.99 Å². The summed E-state index contributed by atoms with van der Waals surface area (Å²) in [5, 5.41) is 24.5. The van der Waals surface area contributed by atoms with E-state index in [2.05, 4.69) is 38.5 Å². The molecule has 676 valence electrons. The molecule has 128 heavy (non-hydrogen) atoms. The maximum atomic E-state index is 14.5. The monoisotopic (exact) mass is 1830 g/mol. The minimum absolute atomic E-state index is 0.0123. The highest BCUT2D eigenvalue weighted by Crippen LogP contribution is 2.39. The number of fused-ring (bicyclic) bond motifs is 7. The Hall–Kier alpha value is -11.7. The molecule has 8 fully saturated rings. The number of likely N-dealkylation sites (tertiary alicyclic amines) is 4. The van der Waals surface area contributed by atoms with Crippen molar-refractivity contribution < 1.29 is 93.7 Å². The van der Waals surface area contributed by atoms with Crippen LogP contribution in [-0.4, -0.2) is 203 Å². The number of aromatic nitrogens is 3. The Balaban J connectivity index is 0.000000153. The zero-order chi connectivity index (χ0) is 91.6. The first kappa shape index (κ1) is 93.9. The number of piperidine rings is 2. The smallest absolute Gasteiger partial charge is 0.335 e. The summed E-state index contributed by atoms with van der Waals surface area (Å²) in [4.78, 5) is 159. The lowest BCUT2D eigenvalue weighted by atomic mass is 10.1. The number of anilines is 1. The molecule has 4 bridgehead atoms. The van der Waals surface area contributed by atoms with Crippen LogP contribution in [0.3, 0.4) is 0 Å². The van der Waals surface area contributed by atoms with Crippen molar-refractivity contribution in [1.29, 1.82) is 0 Å². The van der Waals surface area contributed by atoms with Crippen molar-refractivity contribution in [3.05, 3.63) is 199 Å². The van der Waals surface area contributed by atoms with Crippen molar-refractivity contribution in [2.24, 2.45) is 16.8 Å². The highest BCUT2D eigenvalue weighted by Gasteiger charge is 2.45. The molecule has 6 aliphatic heterocycles. The van der Waals surface area contributed by atoms with Gasteiger partial charge >= 0.3 is 12.0 Å². The third kappa shape index (κ3) is 22.1. The molecular formula is C92H96Cl3F6N13O14. The van der Waals surface area contributed by atoms with Crippen LogP contribution in [0.1, 0.15) is 156 Å². The minimum Gasteiger partial charge on any atom is -0.478 e. The van der Waals surface area contributed by atoms with E-state index in [9.17, 15) is 89.0 Å². The quantitative estimate of drug-likeness (QED) is 0.0168. The lowest BCUT2D eigenvalue weighted by Crippen LogP contribution is -2.46. The van der Waals surface area contributed by atoms with Gasteiger partial charge in [-0.05, 0) is 170 Å². The van der Waals surface area contributed by atoms with Crippen LogP contribution in [0.15, 0.2) is 133 Å². The number of hydrogen-bond donors (Lipinski definition) is 6. The number of urea groups is 1. The van der Waals surface area contributed by atoms with Gasteiger partial charge in [-0.25, -0.2) is 40.7 Å². The molecule has 17 rings (SSSR count). The lowest BCUT2D eigenvalue weighted by Gasteiger charge is -2.27. The summed E-state index contributed by atoms with van der Waals surface area (Å²) in [5.74, 6) is -5.72. The van der Waals surface area contributed by atoms with Gasteiger partial charge in [0.25, 0.3) is 0 Å². The number of amides is 8. The van der Waals surface area contributed by atoms with Gasteiger partial charge in [-0.1, -0.05) is 71.2 Å². The summed E-state index contributed by atoms with van der Waals surface area (Å²) >= 11 is 17.3. The van der Waals surface area contributed by atoms with E-state index in [1.807, 2.05) is 4.90 Å². The zero-order valence-corrected chi connectivity index (χ0v) is 72.7. The van der Waals surface area contributed by atoms with Gasteiger partial charge in [0.2, 0.25) is 41.5 Å². The first-order valence-corrected chi connectivity index (χ1v) is 43.4. The number of halogens is 9. The van der Waals surface area contributed by atoms with Crippen LogP contribution in [0.4, 0.5) is 42.5 Å². The SMILES string of the molecule is C1CC2CC1CN2.CC(=O)c1cn(CC(=O)N2C[C@H](F)C[C@H]2C(=O)NCc2cccc(Cl)c2F)c2ccc(C(=O)O)cc12.CC(=O)c1cn(CC(=O)N2C[C@H](F)C[C@H]2C(=O)NCc2cccc(Cl)c2F)c2ccc(N=C=O)cc12.CC(=O)c1cn(CC(=O)N2C[C@H](F)C[C@H]2C(=O)NCc2cccc(Cl)c2F)c2ccc(NC(=O)N3CC4CCC3C4)cc12.CC1CCCO1. The number of carbonyl (C=O) groups excluding carboxylic acids is 11. The number of ketones is 3. The second-order valence-corrected chi connectivity index (χ2v) is 34.6. The first-order valence-electron chi connectivity index (χ1n) is 42.3. The molecule has 5 unspecified atom stereocenters. The van der Waals surface area contributed by atoms with E-state index >= 15 is 0 Å². The molecule has 27 nitrogen and oxygen atoms in total. The number of aromatic carboxylic acids is 1. The van der Waals surface area contributed by atoms with E-state index in [-0.39, 0.29) is 150 Å². The molecule has 9 aromatic rings. The standard InChI is InChI=1S/C31H32ClF2N5O4.C25H21ClF2N4O4.C25H22ClF2N3O5.C6H11N.C5H10O/c1-17(40)24-15-37(26-8-6-21(11-23(24)26)36-31(43)38-13-18-5-7-22(38)9-18)16-28(41)39-14-20(33)10-27(39)30(42)35-12-19-3-2-4-25(32)29(19)34;1-14(34)19-11-31(21-6-5-17(30-13-33)8-18(19)21)12-23(35)32-10-16(27)7-22(32)25(36)29-9-15-3-2-4-20(26)24(15)28;1-13(32)18-11-30(20-6-5-14(25(35)36)7-17(18)20)12-22(33)31-10-16(27)8-21(31)24(34)29-9-15-3-2-4-19(26)23(15)28;1-2-6-3-5(1)4-7-6;1-5-3-2-4-6-5/h2-4,6,8,11,15,18,20,22,27H,5,7,9-10,12-14,16H2,1H3,(H,35,42)(H,36,43);2-6,8,11,16,22H,7,9-10,12H2,1H3,(H,29,36);2-7,11,16,21H,8-10,12H2,1H3,(H,29,34)(H,35,36);5-7H,1-4H2;5H,2-4H2,1H3/t18?,20-,22?,27+;16-,22+;16-,21+;;/m111../s1. The number of hydrogen-bond acceptors (Lipinski definition) is 15. The van der Waals surface area contributed by atoms with Crippen molar-refractivity contribution in [3.63, 3.8) is 0 Å². The van der Waals surface area contributed by atoms with Crippen LogP contribution in [0.25, 0.3) is 32.7 Å². The zero-order valence-electron chi connectivity index (χ0n) is 70.5. The van der Waals surface area contributed by atoms with Gasteiger partial charge in [0.1, 0.15) is 73.7 Å². The van der Waals surface area contributed by atoms with Gasteiger partial charge in [0.05, 0.1) is 52.1 Å².